The molecule has 29 heavy (non-hydrogen) atoms. The van der Waals surface area contributed by atoms with Gasteiger partial charge in [0.2, 0.25) is 0 Å². The molecule has 1 fully saturated rings. The van der Waals surface area contributed by atoms with Crippen molar-refractivity contribution >= 4 is 5.91 Å². The molecule has 4 rings (SSSR count). The summed E-state index contributed by atoms with van der Waals surface area (Å²) in [6, 6.07) is 6.13. The van der Waals surface area contributed by atoms with E-state index in [2.05, 4.69) is 20.4 Å². The highest BCUT2D eigenvalue weighted by atomic mass is 19.1. The number of hydrogen-bond donors (Lipinski definition) is 1. The van der Waals surface area contributed by atoms with E-state index in [9.17, 15) is 9.18 Å². The Morgan fingerprint density at radius 2 is 2.07 bits per heavy atom. The van der Waals surface area contributed by atoms with Crippen LogP contribution in [-0.2, 0) is 0 Å². The summed E-state index contributed by atoms with van der Waals surface area (Å²) >= 11 is 0. The van der Waals surface area contributed by atoms with E-state index in [1.165, 1.54) is 31.6 Å². The number of amides is 1. The van der Waals surface area contributed by atoms with Gasteiger partial charge in [-0.05, 0) is 49.9 Å². The van der Waals surface area contributed by atoms with Crippen molar-refractivity contribution in [1.29, 1.82) is 0 Å². The SMILES string of the molecule is COc1ccc(F)cc1C(=O)NC1CCC(n2cc(-c3ccncn3)cn2)CC1. The van der Waals surface area contributed by atoms with Crippen LogP contribution in [0.4, 0.5) is 4.39 Å². The summed E-state index contributed by atoms with van der Waals surface area (Å²) in [6.07, 6.45) is 10.5. The van der Waals surface area contributed by atoms with E-state index >= 15 is 0 Å². The zero-order valence-electron chi connectivity index (χ0n) is 16.1. The molecule has 150 valence electrons. The number of halogens is 1. The van der Waals surface area contributed by atoms with E-state index in [4.69, 9.17) is 4.74 Å². The lowest BCUT2D eigenvalue weighted by Crippen LogP contribution is -2.38. The molecular formula is C21H22FN5O2. The van der Waals surface area contributed by atoms with Gasteiger partial charge in [-0.25, -0.2) is 14.4 Å². The van der Waals surface area contributed by atoms with Crippen LogP contribution in [0.15, 0.2) is 49.2 Å². The fraction of sp³-hybridized carbons (Fsp3) is 0.333. The highest BCUT2D eigenvalue weighted by molar-refractivity contribution is 5.97. The average molecular weight is 395 g/mol. The molecule has 0 radical (unpaired) electrons. The Hall–Kier alpha value is -3.29. The average Bonchev–Trinajstić information content (AvgIpc) is 3.25. The summed E-state index contributed by atoms with van der Waals surface area (Å²) in [5, 5.41) is 7.50. The smallest absolute Gasteiger partial charge is 0.255 e. The number of hydrogen-bond acceptors (Lipinski definition) is 5. The van der Waals surface area contributed by atoms with Gasteiger partial charge in [-0.2, -0.15) is 5.10 Å². The number of nitrogens with zero attached hydrogens (tertiary/aromatic N) is 4. The van der Waals surface area contributed by atoms with Crippen LogP contribution >= 0.6 is 0 Å². The standard InChI is InChI=1S/C21H22FN5O2/c1-29-20-7-2-15(22)10-18(20)21(28)26-16-3-5-17(6-4-16)27-12-14(11-25-27)19-8-9-23-13-24-19/h2,7-13,16-17H,3-6H2,1H3,(H,26,28). The molecular weight excluding hydrogens is 373 g/mol. The van der Waals surface area contributed by atoms with Crippen molar-refractivity contribution in [2.24, 2.45) is 0 Å². The molecule has 1 aromatic carbocycles. The third-order valence-electron chi connectivity index (χ3n) is 5.29. The predicted molar refractivity (Wildman–Crippen MR) is 105 cm³/mol. The summed E-state index contributed by atoms with van der Waals surface area (Å²) in [6.45, 7) is 0. The number of rotatable bonds is 5. The maximum Gasteiger partial charge on any atom is 0.255 e. The first kappa shape index (κ1) is 19.0. The van der Waals surface area contributed by atoms with Crippen LogP contribution < -0.4 is 10.1 Å². The summed E-state index contributed by atoms with van der Waals surface area (Å²) in [7, 11) is 1.47. The van der Waals surface area contributed by atoms with Crippen molar-refractivity contribution in [2.75, 3.05) is 7.11 Å². The van der Waals surface area contributed by atoms with Crippen molar-refractivity contribution in [2.45, 2.75) is 37.8 Å². The van der Waals surface area contributed by atoms with Gasteiger partial charge in [0.25, 0.3) is 5.91 Å². The number of benzene rings is 1. The highest BCUT2D eigenvalue weighted by Crippen LogP contribution is 2.30. The maximum atomic E-state index is 13.5. The lowest BCUT2D eigenvalue weighted by atomic mass is 9.91. The van der Waals surface area contributed by atoms with E-state index < -0.39 is 5.82 Å². The number of methoxy groups -OCH3 is 1. The fourth-order valence-corrected chi connectivity index (χ4v) is 3.74. The van der Waals surface area contributed by atoms with Crippen molar-refractivity contribution < 1.29 is 13.9 Å². The van der Waals surface area contributed by atoms with Gasteiger partial charge < -0.3 is 10.1 Å². The largest absolute Gasteiger partial charge is 0.496 e. The van der Waals surface area contributed by atoms with E-state index in [0.717, 1.165) is 36.9 Å². The molecule has 7 nitrogen and oxygen atoms in total. The van der Waals surface area contributed by atoms with E-state index in [-0.39, 0.29) is 23.6 Å². The Kier molecular flexibility index (Phi) is 5.50. The van der Waals surface area contributed by atoms with E-state index in [0.29, 0.717) is 5.75 Å². The number of aromatic nitrogens is 4. The summed E-state index contributed by atoms with van der Waals surface area (Å²) < 4.78 is 20.7. The van der Waals surface area contributed by atoms with E-state index in [1.807, 2.05) is 23.1 Å². The molecule has 2 aromatic heterocycles. The fourth-order valence-electron chi connectivity index (χ4n) is 3.74. The number of carbonyl (C=O) groups is 1. The first-order valence-corrected chi connectivity index (χ1v) is 9.59. The second-order valence-corrected chi connectivity index (χ2v) is 7.13. The van der Waals surface area contributed by atoms with Gasteiger partial charge in [0.1, 0.15) is 17.9 Å². The lowest BCUT2D eigenvalue weighted by molar-refractivity contribution is 0.0918. The molecule has 0 spiro atoms. The van der Waals surface area contributed by atoms with Gasteiger partial charge >= 0.3 is 0 Å². The molecule has 1 amide bonds. The molecule has 1 saturated carbocycles. The Bertz CT molecular complexity index is 984. The minimum atomic E-state index is -0.460. The van der Waals surface area contributed by atoms with E-state index in [1.54, 1.807) is 6.20 Å². The quantitative estimate of drug-likeness (QED) is 0.716. The van der Waals surface area contributed by atoms with Crippen LogP contribution in [0.3, 0.4) is 0 Å². The molecule has 0 bridgehead atoms. The Morgan fingerprint density at radius 3 is 2.79 bits per heavy atom. The Labute approximate surface area is 167 Å². The van der Waals surface area contributed by atoms with Gasteiger partial charge in [-0.3, -0.25) is 9.48 Å². The Morgan fingerprint density at radius 1 is 1.24 bits per heavy atom. The van der Waals surface area contributed by atoms with Crippen LogP contribution in [0.5, 0.6) is 5.75 Å². The maximum absolute atomic E-state index is 13.5. The first-order valence-electron chi connectivity index (χ1n) is 9.59. The van der Waals surface area contributed by atoms with Crippen molar-refractivity contribution in [3.05, 3.63) is 60.6 Å². The zero-order chi connectivity index (χ0) is 20.2. The zero-order valence-corrected chi connectivity index (χ0v) is 16.1. The van der Waals surface area contributed by atoms with Gasteiger partial charge in [0.15, 0.2) is 0 Å². The molecule has 0 aliphatic heterocycles. The summed E-state index contributed by atoms with van der Waals surface area (Å²) in [5.41, 5.74) is 2.02. The topological polar surface area (TPSA) is 81.9 Å². The number of carbonyl (C=O) groups excluding carboxylic acids is 1. The molecule has 1 aliphatic carbocycles. The van der Waals surface area contributed by atoms with Gasteiger partial charge in [-0.1, -0.05) is 0 Å². The monoisotopic (exact) mass is 395 g/mol. The lowest BCUT2D eigenvalue weighted by Gasteiger charge is -2.29. The second kappa shape index (κ2) is 8.38. The molecule has 0 atom stereocenters. The first-order chi connectivity index (χ1) is 14.1. The predicted octanol–water partition coefficient (Wildman–Crippen LogP) is 3.40. The Balaban J connectivity index is 1.36. The van der Waals surface area contributed by atoms with Crippen LogP contribution in [0.2, 0.25) is 0 Å². The number of nitrogens with one attached hydrogen (secondary N) is 1. The minimum Gasteiger partial charge on any atom is -0.496 e. The van der Waals surface area contributed by atoms with Gasteiger partial charge in [0.05, 0.1) is 30.6 Å². The molecule has 1 aliphatic rings. The van der Waals surface area contributed by atoms with Crippen LogP contribution in [0.1, 0.15) is 42.1 Å². The van der Waals surface area contributed by atoms with Gasteiger partial charge in [-0.15, -0.1) is 0 Å². The molecule has 3 aromatic rings. The third kappa shape index (κ3) is 4.26. The molecule has 1 N–H and O–H groups in total. The van der Waals surface area contributed by atoms with Crippen LogP contribution in [-0.4, -0.2) is 38.8 Å². The summed E-state index contributed by atoms with van der Waals surface area (Å²) in [4.78, 5) is 20.8. The highest BCUT2D eigenvalue weighted by Gasteiger charge is 2.25. The van der Waals surface area contributed by atoms with Crippen molar-refractivity contribution in [1.82, 2.24) is 25.1 Å². The molecule has 0 unspecified atom stereocenters. The summed E-state index contributed by atoms with van der Waals surface area (Å²) in [5.74, 6) is -0.404. The number of ether oxygens (including phenoxy) is 1. The molecule has 8 heteroatoms. The van der Waals surface area contributed by atoms with Gasteiger partial charge in [0, 0.05) is 24.0 Å². The van der Waals surface area contributed by atoms with Crippen LogP contribution in [0, 0.1) is 5.82 Å². The second-order valence-electron chi connectivity index (χ2n) is 7.13. The van der Waals surface area contributed by atoms with Crippen LogP contribution in [0.25, 0.3) is 11.3 Å². The normalized spacial score (nSPS) is 19.0. The van der Waals surface area contributed by atoms with Crippen molar-refractivity contribution in [3.63, 3.8) is 0 Å². The molecule has 0 saturated heterocycles. The molecule has 2 heterocycles. The third-order valence-corrected chi connectivity index (χ3v) is 5.29. The minimum absolute atomic E-state index is 0.0450. The van der Waals surface area contributed by atoms with Crippen molar-refractivity contribution in [3.8, 4) is 17.0 Å².